The summed E-state index contributed by atoms with van der Waals surface area (Å²) in [7, 11) is 1.69. The molecule has 1 aliphatic carbocycles. The van der Waals surface area contributed by atoms with Crippen LogP contribution in [-0.4, -0.2) is 51.2 Å². The van der Waals surface area contributed by atoms with E-state index in [1.54, 1.807) is 13.1 Å². The summed E-state index contributed by atoms with van der Waals surface area (Å²) >= 11 is 0. The molecule has 0 spiro atoms. The van der Waals surface area contributed by atoms with Gasteiger partial charge in [-0.2, -0.15) is 5.10 Å². The fourth-order valence-electron chi connectivity index (χ4n) is 4.90. The van der Waals surface area contributed by atoms with Crippen molar-refractivity contribution in [3.63, 3.8) is 0 Å². The summed E-state index contributed by atoms with van der Waals surface area (Å²) in [5, 5.41) is 4.35. The van der Waals surface area contributed by atoms with Crippen LogP contribution in [0.15, 0.2) is 10.9 Å². The van der Waals surface area contributed by atoms with Gasteiger partial charge in [-0.25, -0.2) is 4.68 Å². The van der Waals surface area contributed by atoms with E-state index < -0.39 is 0 Å². The van der Waals surface area contributed by atoms with Crippen molar-refractivity contribution >= 4 is 5.91 Å². The number of hydrogen-bond acceptors (Lipinski definition) is 4. The molecule has 1 saturated carbocycles. The maximum absolute atomic E-state index is 13.0. The minimum absolute atomic E-state index is 0.0759. The van der Waals surface area contributed by atoms with Gasteiger partial charge in [0.1, 0.15) is 0 Å². The van der Waals surface area contributed by atoms with Crippen LogP contribution in [0.5, 0.6) is 0 Å². The maximum Gasteiger partial charge on any atom is 0.266 e. The first-order valence-electron chi connectivity index (χ1n) is 9.70. The molecule has 2 fully saturated rings. The van der Waals surface area contributed by atoms with E-state index in [1.165, 1.54) is 36.8 Å². The number of rotatable bonds is 2. The lowest BCUT2D eigenvalue weighted by Gasteiger charge is -2.44. The van der Waals surface area contributed by atoms with E-state index in [-0.39, 0.29) is 11.5 Å². The fraction of sp³-hybridized carbons (Fsp3) is 0.737. The van der Waals surface area contributed by atoms with E-state index in [2.05, 4.69) is 14.9 Å². The Morgan fingerprint density at radius 2 is 2.00 bits per heavy atom. The van der Waals surface area contributed by atoms with Crippen LogP contribution in [0.3, 0.4) is 0 Å². The Morgan fingerprint density at radius 1 is 1.20 bits per heavy atom. The molecule has 0 N–H and O–H groups in total. The Hall–Kier alpha value is -1.69. The molecule has 0 aromatic carbocycles. The highest BCUT2D eigenvalue weighted by Crippen LogP contribution is 2.35. The van der Waals surface area contributed by atoms with Gasteiger partial charge in [0.15, 0.2) is 0 Å². The maximum atomic E-state index is 13.0. The molecule has 6 heteroatoms. The number of amides is 1. The Balaban J connectivity index is 1.42. The van der Waals surface area contributed by atoms with Crippen molar-refractivity contribution in [2.24, 2.45) is 13.0 Å². The van der Waals surface area contributed by atoms with Crippen molar-refractivity contribution < 1.29 is 4.79 Å². The largest absolute Gasteiger partial charge is 0.338 e. The van der Waals surface area contributed by atoms with Gasteiger partial charge in [-0.15, -0.1) is 0 Å². The van der Waals surface area contributed by atoms with Gasteiger partial charge < -0.3 is 4.90 Å². The van der Waals surface area contributed by atoms with Crippen LogP contribution in [0.1, 0.15) is 49.8 Å². The van der Waals surface area contributed by atoms with E-state index in [0.29, 0.717) is 19.1 Å². The predicted octanol–water partition coefficient (Wildman–Crippen LogP) is 1.32. The average molecular weight is 344 g/mol. The van der Waals surface area contributed by atoms with E-state index in [4.69, 9.17) is 0 Å². The second-order valence-corrected chi connectivity index (χ2v) is 7.88. The molecule has 1 amide bonds. The first kappa shape index (κ1) is 16.8. The van der Waals surface area contributed by atoms with Crippen molar-refractivity contribution in [1.82, 2.24) is 19.6 Å². The molecule has 1 aromatic heterocycles. The standard InChI is InChI=1S/C19H28N4O2/c1-21-18(24)11-15-12-22(10-8-16(15)20-21)13-19(25)23-9-4-6-14-5-2-3-7-17(14)23/h11,14,17H,2-10,12-13H2,1H3/t14-,17+/m0/s1. The molecule has 3 aliphatic rings. The molecule has 0 radical (unpaired) electrons. The molecule has 6 nitrogen and oxygen atoms in total. The van der Waals surface area contributed by atoms with Gasteiger partial charge in [-0.05, 0) is 37.2 Å². The second-order valence-electron chi connectivity index (χ2n) is 7.88. The van der Waals surface area contributed by atoms with Crippen molar-refractivity contribution in [3.05, 3.63) is 27.7 Å². The highest BCUT2D eigenvalue weighted by Gasteiger charge is 2.36. The van der Waals surface area contributed by atoms with Gasteiger partial charge in [0.25, 0.3) is 5.56 Å². The van der Waals surface area contributed by atoms with Crippen LogP contribution in [0, 0.1) is 5.92 Å². The van der Waals surface area contributed by atoms with Gasteiger partial charge in [0.05, 0.1) is 12.2 Å². The summed E-state index contributed by atoms with van der Waals surface area (Å²) in [6.07, 6.45) is 8.31. The lowest BCUT2D eigenvalue weighted by molar-refractivity contribution is -0.139. The van der Waals surface area contributed by atoms with Gasteiger partial charge in [0, 0.05) is 45.2 Å². The number of fused-ring (bicyclic) bond motifs is 2. The van der Waals surface area contributed by atoms with Gasteiger partial charge in [0.2, 0.25) is 5.91 Å². The molecule has 3 heterocycles. The highest BCUT2D eigenvalue weighted by atomic mass is 16.2. The third kappa shape index (κ3) is 3.36. The molecule has 0 unspecified atom stereocenters. The third-order valence-electron chi connectivity index (χ3n) is 6.24. The van der Waals surface area contributed by atoms with E-state index in [0.717, 1.165) is 43.1 Å². The van der Waals surface area contributed by atoms with Crippen molar-refractivity contribution in [2.75, 3.05) is 19.6 Å². The Labute approximate surface area is 148 Å². The van der Waals surface area contributed by atoms with E-state index >= 15 is 0 Å². The summed E-state index contributed by atoms with van der Waals surface area (Å²) in [6, 6.07) is 2.15. The number of piperidine rings is 1. The van der Waals surface area contributed by atoms with E-state index in [1.807, 2.05) is 0 Å². The molecular formula is C19H28N4O2. The fourth-order valence-corrected chi connectivity index (χ4v) is 4.90. The lowest BCUT2D eigenvalue weighted by atomic mass is 9.78. The number of nitrogens with zero attached hydrogens (tertiary/aromatic N) is 4. The summed E-state index contributed by atoms with van der Waals surface area (Å²) in [4.78, 5) is 29.1. The summed E-state index contributed by atoms with van der Waals surface area (Å²) in [6.45, 7) is 2.89. The van der Waals surface area contributed by atoms with Crippen LogP contribution in [0.2, 0.25) is 0 Å². The average Bonchev–Trinajstić information content (AvgIpc) is 2.62. The zero-order valence-electron chi connectivity index (χ0n) is 15.1. The molecule has 2 aliphatic heterocycles. The second kappa shape index (κ2) is 6.90. The summed E-state index contributed by atoms with van der Waals surface area (Å²) < 4.78 is 1.40. The normalized spacial score (nSPS) is 26.8. The zero-order valence-corrected chi connectivity index (χ0v) is 15.1. The highest BCUT2D eigenvalue weighted by molar-refractivity contribution is 5.78. The van der Waals surface area contributed by atoms with Crippen LogP contribution in [0.4, 0.5) is 0 Å². The smallest absolute Gasteiger partial charge is 0.266 e. The molecule has 1 aromatic rings. The SMILES string of the molecule is Cn1nc2c(cc1=O)CN(CC(=O)N1CCC[C@@H]3CCCC[C@H]31)CC2. The number of hydrogen-bond donors (Lipinski definition) is 0. The molecule has 0 bridgehead atoms. The predicted molar refractivity (Wildman–Crippen MR) is 95.2 cm³/mol. The molecule has 4 rings (SSSR count). The molecule has 25 heavy (non-hydrogen) atoms. The number of aromatic nitrogens is 2. The van der Waals surface area contributed by atoms with Crippen LogP contribution >= 0.6 is 0 Å². The van der Waals surface area contributed by atoms with Crippen molar-refractivity contribution in [1.29, 1.82) is 0 Å². The first-order chi connectivity index (χ1) is 12.1. The van der Waals surface area contributed by atoms with Crippen LogP contribution in [0.25, 0.3) is 0 Å². The number of carbonyl (C=O) groups excluding carboxylic acids is 1. The van der Waals surface area contributed by atoms with Crippen molar-refractivity contribution in [2.45, 2.75) is 57.5 Å². The van der Waals surface area contributed by atoms with Crippen LogP contribution in [-0.2, 0) is 24.8 Å². The molecule has 1 saturated heterocycles. The van der Waals surface area contributed by atoms with Crippen LogP contribution < -0.4 is 5.56 Å². The van der Waals surface area contributed by atoms with Gasteiger partial charge >= 0.3 is 0 Å². The Kier molecular flexibility index (Phi) is 4.63. The molecular weight excluding hydrogens is 316 g/mol. The summed E-state index contributed by atoms with van der Waals surface area (Å²) in [5.41, 5.74) is 1.90. The molecule has 2 atom stereocenters. The summed E-state index contributed by atoms with van der Waals surface area (Å²) in [5.74, 6) is 0.998. The quantitative estimate of drug-likeness (QED) is 0.812. The number of carbonyl (C=O) groups is 1. The molecule has 136 valence electrons. The minimum atomic E-state index is -0.0759. The number of likely N-dealkylation sites (tertiary alicyclic amines) is 1. The monoisotopic (exact) mass is 344 g/mol. The Bertz CT molecular complexity index is 712. The van der Waals surface area contributed by atoms with Gasteiger partial charge in [-0.1, -0.05) is 12.8 Å². The van der Waals surface area contributed by atoms with Crippen molar-refractivity contribution in [3.8, 4) is 0 Å². The minimum Gasteiger partial charge on any atom is -0.338 e. The third-order valence-corrected chi connectivity index (χ3v) is 6.24. The zero-order chi connectivity index (χ0) is 17.4. The van der Waals surface area contributed by atoms with Gasteiger partial charge in [-0.3, -0.25) is 14.5 Å². The topological polar surface area (TPSA) is 58.4 Å². The van der Waals surface area contributed by atoms with E-state index in [9.17, 15) is 9.59 Å². The number of aryl methyl sites for hydroxylation is 1. The Morgan fingerprint density at radius 3 is 2.88 bits per heavy atom. The first-order valence-corrected chi connectivity index (χ1v) is 9.70. The lowest BCUT2D eigenvalue weighted by Crippen LogP contribution is -2.52.